The second kappa shape index (κ2) is 30.3. The fourth-order valence-corrected chi connectivity index (χ4v) is 4.02. The summed E-state index contributed by atoms with van der Waals surface area (Å²) in [5, 5.41) is 75.2. The van der Waals surface area contributed by atoms with Crippen LogP contribution < -0.4 is 0 Å². The molecule has 1 unspecified atom stereocenters. The predicted molar refractivity (Wildman–Crippen MR) is 158 cm³/mol. The van der Waals surface area contributed by atoms with Crippen molar-refractivity contribution < 1.29 is 200 Å². The molecule has 0 bridgehead atoms. The molecule has 0 aliphatic carbocycles. The van der Waals surface area contributed by atoms with E-state index in [9.17, 15) is 30.6 Å². The summed E-state index contributed by atoms with van der Waals surface area (Å²) in [6, 6.07) is 16.9. The Hall–Kier alpha value is 0.450. The third-order valence-electron chi connectivity index (χ3n) is 5.63. The molecule has 238 valence electrons. The summed E-state index contributed by atoms with van der Waals surface area (Å²) < 4.78 is 0. The van der Waals surface area contributed by atoms with E-state index in [0.29, 0.717) is 21.5 Å². The van der Waals surface area contributed by atoms with Crippen LogP contribution in [-0.4, -0.2) is 58.4 Å². The van der Waals surface area contributed by atoms with Crippen molar-refractivity contribution in [1.29, 1.82) is 0 Å². The van der Waals surface area contributed by atoms with Gasteiger partial charge >= 0.3 is 0 Å². The van der Waals surface area contributed by atoms with Crippen LogP contribution in [0.25, 0.3) is 44.1 Å². The number of benzene rings is 4. The molecule has 4 aromatic carbocycles. The first kappa shape index (κ1) is 64.9. The average molecular weight is 1140 g/mol. The maximum atomic E-state index is 10.9. The van der Waals surface area contributed by atoms with Crippen molar-refractivity contribution in [3.05, 3.63) is 108 Å². The number of nitrogens with two attached hydrogens (primary N) is 1. The summed E-state index contributed by atoms with van der Waals surface area (Å²) in [4.78, 5) is 0. The Morgan fingerprint density at radius 2 is 0.935 bits per heavy atom. The summed E-state index contributed by atoms with van der Waals surface area (Å²) in [5.41, 5.74) is 0.120. The number of nitrogens with zero attached hydrogens (tertiary/aromatic N) is 1. The summed E-state index contributed by atoms with van der Waals surface area (Å²) >= 11 is 0. The zero-order valence-corrected chi connectivity index (χ0v) is 45.3. The van der Waals surface area contributed by atoms with E-state index in [-0.39, 0.29) is 192 Å². The van der Waals surface area contributed by atoms with Gasteiger partial charge in [-0.05, 0) is 33.7 Å². The third kappa shape index (κ3) is 15.1. The number of aliphatic hydroxyl groups excluding tert-OH is 3. The maximum absolute atomic E-state index is 10.9. The zero-order chi connectivity index (χ0) is 25.1. The van der Waals surface area contributed by atoms with E-state index in [2.05, 4.69) is 5.32 Å². The molecule has 1 aliphatic heterocycles. The van der Waals surface area contributed by atoms with Crippen LogP contribution in [0.5, 0.6) is 11.5 Å². The quantitative estimate of drug-likeness (QED) is 0.0847. The van der Waals surface area contributed by atoms with Crippen LogP contribution in [0.4, 0.5) is 0 Å². The number of aromatic hydroxyl groups is 2. The molecule has 0 fully saturated rings. The molecule has 21 N–H and O–H groups in total. The minimum atomic E-state index is -1.93. The number of rotatable bonds is 3. The number of hydrogen-bond donors (Lipinski definition) is 7. The van der Waals surface area contributed by atoms with E-state index < -0.39 is 30.3 Å². The standard InChI is InChI=1S/C22H18O6.C5H6NO.5Cd.H2N.5H2O/c23-19-15(21(25)26)9-11-5-1-3-7-13(11)17(19)18-14-8-4-2-6-12(14)10-16(20(18)24)22(27)28;7-5-3-1-2-4-6-5;;;;;;;;;;;/h1-10,21-28H;1-5,7H;;;;;;6*1H2/q;-1;;;;;;-1;;;;;/p+2. The van der Waals surface area contributed by atoms with Crippen LogP contribution in [0.3, 0.4) is 0 Å². The monoisotopic (exact) mass is 1150 g/mol. The molecule has 1 heterocycles. The van der Waals surface area contributed by atoms with Gasteiger partial charge in [-0.15, -0.1) is 0 Å². The molecule has 1 aliphatic rings. The van der Waals surface area contributed by atoms with Gasteiger partial charge in [0, 0.05) is 154 Å². The number of phenolic OH excluding ortho intramolecular Hbond substituents is 2. The maximum Gasteiger partial charge on any atom is 0.182 e. The van der Waals surface area contributed by atoms with Crippen molar-refractivity contribution in [2.24, 2.45) is 0 Å². The first-order valence-corrected chi connectivity index (χ1v) is 10.7. The van der Waals surface area contributed by atoms with Gasteiger partial charge in [0.15, 0.2) is 12.6 Å². The molecule has 0 spiro atoms. The van der Waals surface area contributed by atoms with Crippen LogP contribution in [0.1, 0.15) is 23.7 Å². The van der Waals surface area contributed by atoms with E-state index in [4.69, 9.17) is 5.11 Å². The van der Waals surface area contributed by atoms with Crippen molar-refractivity contribution in [1.82, 2.24) is 0 Å². The number of phenols is 2. The van der Waals surface area contributed by atoms with E-state index in [0.717, 1.165) is 0 Å². The van der Waals surface area contributed by atoms with E-state index in [1.807, 2.05) is 0 Å². The number of fused-ring (bicyclic) bond motifs is 2. The van der Waals surface area contributed by atoms with Gasteiger partial charge in [-0.1, -0.05) is 66.8 Å². The van der Waals surface area contributed by atoms with Crippen molar-refractivity contribution in [2.75, 3.05) is 0 Å². The first-order chi connectivity index (χ1) is 16.8. The van der Waals surface area contributed by atoms with Gasteiger partial charge in [0.2, 0.25) is 0 Å². The summed E-state index contributed by atoms with van der Waals surface area (Å²) in [6.45, 7) is 0. The molecule has 14 nitrogen and oxygen atoms in total. The summed E-state index contributed by atoms with van der Waals surface area (Å²) in [7, 11) is 0. The molecular weight excluding hydrogens is 1110 g/mol. The Kier molecular flexibility index (Phi) is 42.7. The zero-order valence-electron chi connectivity index (χ0n) is 25.2. The Labute approximate surface area is 365 Å². The summed E-state index contributed by atoms with van der Waals surface area (Å²) in [6.07, 6.45) is 2.26. The number of hydrogen-bond acceptors (Lipinski definition) is 7. The van der Waals surface area contributed by atoms with Crippen molar-refractivity contribution in [3.8, 4) is 22.6 Å². The van der Waals surface area contributed by atoms with Gasteiger partial charge in [-0.2, -0.15) is 6.20 Å². The van der Waals surface area contributed by atoms with Crippen LogP contribution in [0.15, 0.2) is 85.1 Å². The van der Waals surface area contributed by atoms with Gasteiger partial charge in [0.1, 0.15) is 11.5 Å². The molecule has 0 saturated carbocycles. The Morgan fingerprint density at radius 3 is 1.20 bits per heavy atom. The van der Waals surface area contributed by atoms with Crippen LogP contribution >= 0.6 is 0 Å². The molecule has 0 amide bonds. The predicted octanol–water partition coefficient (Wildman–Crippen LogP) is 0.186. The van der Waals surface area contributed by atoms with Crippen molar-refractivity contribution in [3.63, 3.8) is 0 Å². The second-order valence-electron chi connectivity index (χ2n) is 7.86. The van der Waals surface area contributed by atoms with Crippen LogP contribution in [-0.2, 0) is 147 Å². The van der Waals surface area contributed by atoms with E-state index in [1.165, 1.54) is 12.1 Å². The molecule has 1 atom stereocenters. The molecule has 19 heteroatoms. The van der Waals surface area contributed by atoms with Crippen molar-refractivity contribution >= 4 is 21.5 Å². The molecule has 5 rings (SSSR count). The number of aliphatic hydroxyl groups is 5. The second-order valence-corrected chi connectivity index (χ2v) is 7.86. The SMILES string of the molecule is O.O.O.OC1C=CC=C[N-]1.Oc1c(C(O)O)cc2ccccc2c1-c1c(O)c(C(O)O)cc2ccccc12.[Cd].[Cd].[Cd].[Cd].[Cd].[NH2-].[OH3+].[OH3+]. The fourth-order valence-electron chi connectivity index (χ4n) is 4.02. The molecule has 0 aromatic heterocycles. The smallest absolute Gasteiger partial charge is 0.182 e. The molecule has 4 aromatic rings. The van der Waals surface area contributed by atoms with Crippen molar-refractivity contribution in [2.45, 2.75) is 18.8 Å². The Balaban J connectivity index is -0.000000120. The third-order valence-corrected chi connectivity index (χ3v) is 5.63. The van der Waals surface area contributed by atoms with E-state index in [1.54, 1.807) is 73.0 Å². The van der Waals surface area contributed by atoms with Gasteiger partial charge < -0.3 is 74.6 Å². The topological polar surface area (TPSA) is 350 Å². The van der Waals surface area contributed by atoms with Gasteiger partial charge in [-0.25, -0.2) is 0 Å². The van der Waals surface area contributed by atoms with Gasteiger partial charge in [-0.3, -0.25) is 0 Å². The van der Waals surface area contributed by atoms with Crippen LogP contribution in [0, 0.1) is 0 Å². The van der Waals surface area contributed by atoms with Crippen LogP contribution in [0.2, 0.25) is 0 Å². The molecular formula is C27H38Cd5N2O12. The number of allylic oxidation sites excluding steroid dienone is 2. The fraction of sp³-hybridized carbons (Fsp3) is 0.111. The minimum absolute atomic E-state index is 0. The van der Waals surface area contributed by atoms with E-state index >= 15 is 0 Å². The minimum Gasteiger partial charge on any atom is -0.693 e. The molecule has 0 radical (unpaired) electrons. The average Bonchev–Trinajstić information content (AvgIpc) is 2.84. The summed E-state index contributed by atoms with van der Waals surface area (Å²) in [5.74, 6) is -0.808. The van der Waals surface area contributed by atoms with Gasteiger partial charge in [0.25, 0.3) is 0 Å². The Morgan fingerprint density at radius 1 is 0.587 bits per heavy atom. The molecule has 0 saturated heterocycles. The largest absolute Gasteiger partial charge is 0.693 e. The first-order valence-electron chi connectivity index (χ1n) is 10.7. The molecule has 46 heavy (non-hydrogen) atoms. The van der Waals surface area contributed by atoms with Gasteiger partial charge in [0.05, 0.1) is 11.1 Å². The Bertz CT molecular complexity index is 1370. The normalized spacial score (nSPS) is 11.3.